The average Bonchev–Trinajstić information content (AvgIpc) is 3.20. The molecule has 2 rings (SSSR count). The summed E-state index contributed by atoms with van der Waals surface area (Å²) in [6.07, 6.45) is 3.84. The van der Waals surface area contributed by atoms with Crippen molar-refractivity contribution >= 4 is 11.8 Å². The van der Waals surface area contributed by atoms with Crippen LogP contribution in [0.25, 0.3) is 0 Å². The fraction of sp³-hybridized carbons (Fsp3) is 0.667. The molecule has 6 nitrogen and oxygen atoms in total. The van der Waals surface area contributed by atoms with Crippen LogP contribution >= 0.6 is 0 Å². The van der Waals surface area contributed by atoms with E-state index >= 15 is 0 Å². The van der Waals surface area contributed by atoms with Crippen molar-refractivity contribution in [2.75, 3.05) is 26.2 Å². The zero-order valence-electron chi connectivity index (χ0n) is 14.8. The second-order valence-electron chi connectivity index (χ2n) is 6.72. The van der Waals surface area contributed by atoms with Gasteiger partial charge in [0, 0.05) is 32.7 Å². The largest absolute Gasteiger partial charge is 0.469 e. The van der Waals surface area contributed by atoms with Gasteiger partial charge < -0.3 is 19.4 Å². The minimum absolute atomic E-state index is 0.0299. The summed E-state index contributed by atoms with van der Waals surface area (Å²) in [6.45, 7) is 8.16. The van der Waals surface area contributed by atoms with Crippen molar-refractivity contribution in [3.8, 4) is 0 Å². The lowest BCUT2D eigenvalue weighted by atomic mass is 10.1. The molecule has 0 spiro atoms. The van der Waals surface area contributed by atoms with Gasteiger partial charge in [0.15, 0.2) is 0 Å². The average molecular weight is 336 g/mol. The van der Waals surface area contributed by atoms with Gasteiger partial charge in [-0.25, -0.2) is 0 Å². The van der Waals surface area contributed by atoms with Crippen molar-refractivity contribution < 1.29 is 18.7 Å². The van der Waals surface area contributed by atoms with Crippen LogP contribution in [0.4, 0.5) is 0 Å². The topological polar surface area (TPSA) is 71.8 Å². The van der Waals surface area contributed by atoms with Crippen molar-refractivity contribution in [3.63, 3.8) is 0 Å². The Kier molecular flexibility index (Phi) is 6.85. The molecule has 1 aromatic heterocycles. The maximum atomic E-state index is 12.8. The molecule has 2 heterocycles. The molecule has 0 aliphatic carbocycles. The van der Waals surface area contributed by atoms with E-state index in [9.17, 15) is 9.59 Å². The lowest BCUT2D eigenvalue weighted by Crippen LogP contribution is -2.40. The first-order chi connectivity index (χ1) is 11.5. The molecular weight excluding hydrogens is 308 g/mol. The third kappa shape index (κ3) is 5.37. The Morgan fingerprint density at radius 1 is 1.42 bits per heavy atom. The number of hydrogen-bond donors (Lipinski definition) is 1. The number of carbonyl (C=O) groups is 2. The van der Waals surface area contributed by atoms with Crippen LogP contribution in [0.5, 0.6) is 0 Å². The number of hydrogen-bond acceptors (Lipinski definition) is 4. The lowest BCUT2D eigenvalue weighted by molar-refractivity contribution is -0.121. The Hall–Kier alpha value is -1.82. The minimum atomic E-state index is -0.103. The van der Waals surface area contributed by atoms with Gasteiger partial charge in [0.25, 0.3) is 5.91 Å². The number of ether oxygens (including phenoxy) is 1. The second-order valence-corrected chi connectivity index (χ2v) is 6.72. The summed E-state index contributed by atoms with van der Waals surface area (Å²) in [6, 6.07) is 1.68. The number of furan rings is 1. The molecule has 0 radical (unpaired) electrons. The quantitative estimate of drug-likeness (QED) is 0.791. The van der Waals surface area contributed by atoms with Gasteiger partial charge in [-0.1, -0.05) is 13.8 Å². The standard InChI is InChI=1S/C18H28N2O4/c1-13(2)11-19-17(21)6-8-20(12-15-5-4-9-24-15)18(22)16-7-10-23-14(16)3/h7,10,13,15H,4-6,8-9,11-12H2,1-3H3,(H,19,21)/t15-/m1/s1. The summed E-state index contributed by atoms with van der Waals surface area (Å²) in [7, 11) is 0. The van der Waals surface area contributed by atoms with E-state index in [0.29, 0.717) is 43.3 Å². The van der Waals surface area contributed by atoms with E-state index in [-0.39, 0.29) is 17.9 Å². The number of aryl methyl sites for hydroxylation is 1. The molecule has 1 fully saturated rings. The van der Waals surface area contributed by atoms with E-state index < -0.39 is 0 Å². The van der Waals surface area contributed by atoms with Crippen LogP contribution in [0.2, 0.25) is 0 Å². The first-order valence-electron chi connectivity index (χ1n) is 8.69. The van der Waals surface area contributed by atoms with E-state index in [4.69, 9.17) is 9.15 Å². The second kappa shape index (κ2) is 8.87. The van der Waals surface area contributed by atoms with Gasteiger partial charge >= 0.3 is 0 Å². The Bertz CT molecular complexity index is 547. The van der Waals surface area contributed by atoms with Crippen LogP contribution in [0.1, 0.15) is 49.2 Å². The van der Waals surface area contributed by atoms with Crippen molar-refractivity contribution in [1.82, 2.24) is 10.2 Å². The smallest absolute Gasteiger partial charge is 0.257 e. The Labute approximate surface area is 143 Å². The summed E-state index contributed by atoms with van der Waals surface area (Å²) in [5.41, 5.74) is 0.551. The van der Waals surface area contributed by atoms with E-state index in [1.165, 1.54) is 6.26 Å². The van der Waals surface area contributed by atoms with Gasteiger partial charge in [-0.3, -0.25) is 9.59 Å². The van der Waals surface area contributed by atoms with Crippen LogP contribution in [-0.4, -0.2) is 49.1 Å². The molecular formula is C18H28N2O4. The van der Waals surface area contributed by atoms with Gasteiger partial charge in [-0.2, -0.15) is 0 Å². The molecule has 1 atom stereocenters. The highest BCUT2D eigenvalue weighted by atomic mass is 16.5. The molecule has 134 valence electrons. The van der Waals surface area contributed by atoms with Crippen LogP contribution < -0.4 is 5.32 Å². The molecule has 1 aliphatic heterocycles. The molecule has 1 N–H and O–H groups in total. The molecule has 1 aromatic rings. The van der Waals surface area contributed by atoms with Crippen molar-refractivity contribution in [3.05, 3.63) is 23.7 Å². The fourth-order valence-electron chi connectivity index (χ4n) is 2.73. The van der Waals surface area contributed by atoms with E-state index in [0.717, 1.165) is 19.4 Å². The Morgan fingerprint density at radius 3 is 2.79 bits per heavy atom. The zero-order valence-corrected chi connectivity index (χ0v) is 14.8. The molecule has 24 heavy (non-hydrogen) atoms. The predicted molar refractivity (Wildman–Crippen MR) is 90.8 cm³/mol. The molecule has 0 saturated carbocycles. The molecule has 2 amide bonds. The summed E-state index contributed by atoms with van der Waals surface area (Å²) >= 11 is 0. The van der Waals surface area contributed by atoms with E-state index in [1.807, 2.05) is 0 Å². The lowest BCUT2D eigenvalue weighted by Gasteiger charge is -2.25. The number of rotatable bonds is 8. The molecule has 1 saturated heterocycles. The highest BCUT2D eigenvalue weighted by molar-refractivity contribution is 5.95. The summed E-state index contributed by atoms with van der Waals surface area (Å²) < 4.78 is 10.9. The van der Waals surface area contributed by atoms with Crippen LogP contribution in [0.15, 0.2) is 16.7 Å². The van der Waals surface area contributed by atoms with Gasteiger partial charge in [0.2, 0.25) is 5.91 Å². The number of nitrogens with zero attached hydrogens (tertiary/aromatic N) is 1. The maximum Gasteiger partial charge on any atom is 0.257 e. The van der Waals surface area contributed by atoms with Gasteiger partial charge in [0.05, 0.1) is 17.9 Å². The first-order valence-corrected chi connectivity index (χ1v) is 8.69. The van der Waals surface area contributed by atoms with Gasteiger partial charge in [-0.05, 0) is 31.7 Å². The third-order valence-electron chi connectivity index (χ3n) is 4.14. The summed E-state index contributed by atoms with van der Waals surface area (Å²) in [5.74, 6) is 0.875. The number of nitrogens with one attached hydrogen (secondary N) is 1. The Morgan fingerprint density at radius 2 is 2.21 bits per heavy atom. The van der Waals surface area contributed by atoms with Crippen molar-refractivity contribution in [2.24, 2.45) is 5.92 Å². The third-order valence-corrected chi connectivity index (χ3v) is 4.14. The molecule has 0 bridgehead atoms. The highest BCUT2D eigenvalue weighted by Crippen LogP contribution is 2.17. The van der Waals surface area contributed by atoms with Crippen molar-refractivity contribution in [2.45, 2.75) is 46.1 Å². The normalized spacial score (nSPS) is 17.2. The van der Waals surface area contributed by atoms with Crippen molar-refractivity contribution in [1.29, 1.82) is 0 Å². The van der Waals surface area contributed by atoms with Gasteiger partial charge in [0.1, 0.15) is 5.76 Å². The first kappa shape index (κ1) is 18.5. The number of carbonyl (C=O) groups excluding carboxylic acids is 2. The van der Waals surface area contributed by atoms with Crippen LogP contribution in [0.3, 0.4) is 0 Å². The molecule has 1 aliphatic rings. The summed E-state index contributed by atoms with van der Waals surface area (Å²) in [4.78, 5) is 26.4. The van der Waals surface area contributed by atoms with Crippen LogP contribution in [0, 0.1) is 12.8 Å². The van der Waals surface area contributed by atoms with E-state index in [1.54, 1.807) is 17.9 Å². The maximum absolute atomic E-state index is 12.8. The molecule has 6 heteroatoms. The molecule has 0 unspecified atom stereocenters. The molecule has 0 aromatic carbocycles. The predicted octanol–water partition coefficient (Wildman–Crippen LogP) is 2.37. The highest BCUT2D eigenvalue weighted by Gasteiger charge is 2.25. The summed E-state index contributed by atoms with van der Waals surface area (Å²) in [5, 5.41) is 2.89. The van der Waals surface area contributed by atoms with Crippen LogP contribution in [-0.2, 0) is 9.53 Å². The number of amides is 2. The fourth-order valence-corrected chi connectivity index (χ4v) is 2.73. The monoisotopic (exact) mass is 336 g/mol. The van der Waals surface area contributed by atoms with E-state index in [2.05, 4.69) is 19.2 Å². The zero-order chi connectivity index (χ0) is 17.5. The minimum Gasteiger partial charge on any atom is -0.469 e. The Balaban J connectivity index is 1.96. The SMILES string of the molecule is Cc1occc1C(=O)N(CCC(=O)NCC(C)C)C[C@H]1CCCO1. The van der Waals surface area contributed by atoms with Gasteiger partial charge in [-0.15, -0.1) is 0 Å².